The summed E-state index contributed by atoms with van der Waals surface area (Å²) in [4.78, 5) is 0. The second-order valence-electron chi connectivity index (χ2n) is 4.62. The van der Waals surface area contributed by atoms with Gasteiger partial charge in [-0.3, -0.25) is 0 Å². The molecule has 0 radical (unpaired) electrons. The van der Waals surface area contributed by atoms with Gasteiger partial charge >= 0.3 is 112 Å². The first-order chi connectivity index (χ1) is 7.66. The molecule has 1 aliphatic rings. The minimum atomic E-state index is 0. The quantitative estimate of drug-likeness (QED) is 0.327. The summed E-state index contributed by atoms with van der Waals surface area (Å²) >= 11 is 1.16. The van der Waals surface area contributed by atoms with E-state index in [-0.39, 0.29) is 24.8 Å². The SMILES string of the molecule is Cc1ccc2c(c1)Cc1c-2ccc(C)[c]1[Hf+2].[Cl-].[Cl-]. The Morgan fingerprint density at radius 1 is 0.944 bits per heavy atom. The van der Waals surface area contributed by atoms with Gasteiger partial charge in [0.1, 0.15) is 0 Å². The maximum absolute atomic E-state index is 2.34. The van der Waals surface area contributed by atoms with Gasteiger partial charge in [0.25, 0.3) is 0 Å². The van der Waals surface area contributed by atoms with Gasteiger partial charge in [-0.25, -0.2) is 0 Å². The first kappa shape index (κ1) is 15.9. The van der Waals surface area contributed by atoms with E-state index in [0.717, 1.165) is 30.8 Å². The summed E-state index contributed by atoms with van der Waals surface area (Å²) in [5.41, 5.74) is 8.88. The third-order valence-corrected chi connectivity index (χ3v) is 5.94. The fraction of sp³-hybridized carbons (Fsp3) is 0.200. The van der Waals surface area contributed by atoms with Crippen molar-refractivity contribution in [1.29, 1.82) is 0 Å². The van der Waals surface area contributed by atoms with E-state index in [1.54, 1.807) is 8.88 Å². The number of rotatable bonds is 0. The zero-order valence-corrected chi connectivity index (χ0v) is 15.5. The number of aryl methyl sites for hydroxylation is 2. The summed E-state index contributed by atoms with van der Waals surface area (Å²) in [7, 11) is 0. The molecule has 0 nitrogen and oxygen atoms in total. The first-order valence-electron chi connectivity index (χ1n) is 5.61. The molecule has 0 unspecified atom stereocenters. The molecule has 1 aliphatic carbocycles. The Kier molecular flexibility index (Phi) is 5.22. The molecule has 3 heteroatoms. The van der Waals surface area contributed by atoms with E-state index in [1.807, 2.05) is 0 Å². The monoisotopic (exact) mass is 443 g/mol. The third-order valence-electron chi connectivity index (χ3n) is 3.44. The van der Waals surface area contributed by atoms with Gasteiger partial charge in [0, 0.05) is 0 Å². The van der Waals surface area contributed by atoms with Crippen LogP contribution in [-0.2, 0) is 30.8 Å². The smallest absolute Gasteiger partial charge is 1.00 e. The van der Waals surface area contributed by atoms with Crippen LogP contribution in [0.3, 0.4) is 0 Å². The van der Waals surface area contributed by atoms with Crippen LogP contribution in [-0.4, -0.2) is 0 Å². The van der Waals surface area contributed by atoms with E-state index in [9.17, 15) is 0 Å². The molecular formula is C15H13Cl2Hf. The van der Waals surface area contributed by atoms with Gasteiger partial charge in [-0.2, -0.15) is 0 Å². The summed E-state index contributed by atoms with van der Waals surface area (Å²) < 4.78 is 1.60. The van der Waals surface area contributed by atoms with Gasteiger partial charge in [-0.1, -0.05) is 0 Å². The zero-order valence-electron chi connectivity index (χ0n) is 10.3. The number of halogens is 2. The van der Waals surface area contributed by atoms with Gasteiger partial charge in [-0.15, -0.1) is 0 Å². The Bertz CT molecular complexity index is 591. The van der Waals surface area contributed by atoms with Crippen molar-refractivity contribution >= 4 is 3.32 Å². The molecule has 18 heavy (non-hydrogen) atoms. The Morgan fingerprint density at radius 2 is 1.61 bits per heavy atom. The van der Waals surface area contributed by atoms with Crippen molar-refractivity contribution in [3.63, 3.8) is 0 Å². The van der Waals surface area contributed by atoms with Gasteiger partial charge in [0.2, 0.25) is 0 Å². The number of hydrogen-bond acceptors (Lipinski definition) is 0. The summed E-state index contributed by atoms with van der Waals surface area (Å²) in [6, 6.07) is 11.4. The summed E-state index contributed by atoms with van der Waals surface area (Å²) in [6.45, 7) is 4.41. The van der Waals surface area contributed by atoms with Crippen LogP contribution in [0.1, 0.15) is 22.3 Å². The fourth-order valence-electron chi connectivity index (χ4n) is 2.52. The average molecular weight is 443 g/mol. The van der Waals surface area contributed by atoms with Gasteiger partial charge in [0.05, 0.1) is 0 Å². The van der Waals surface area contributed by atoms with Crippen LogP contribution in [0.2, 0.25) is 0 Å². The maximum atomic E-state index is 2.34. The molecule has 3 rings (SSSR count). The fourth-order valence-corrected chi connectivity index (χ4v) is 3.62. The predicted molar refractivity (Wildman–Crippen MR) is 63.8 cm³/mol. The van der Waals surface area contributed by atoms with E-state index in [2.05, 4.69) is 44.2 Å². The van der Waals surface area contributed by atoms with Crippen LogP contribution < -0.4 is 28.1 Å². The molecule has 0 amide bonds. The van der Waals surface area contributed by atoms with Gasteiger partial charge < -0.3 is 24.8 Å². The Morgan fingerprint density at radius 3 is 2.33 bits per heavy atom. The molecule has 91 valence electrons. The third kappa shape index (κ3) is 2.45. The van der Waals surface area contributed by atoms with Crippen molar-refractivity contribution in [3.05, 3.63) is 52.6 Å². The molecule has 0 saturated heterocycles. The summed E-state index contributed by atoms with van der Waals surface area (Å²) in [5.74, 6) is 0. The van der Waals surface area contributed by atoms with Crippen molar-refractivity contribution in [2.24, 2.45) is 0 Å². The number of hydrogen-bond donors (Lipinski definition) is 0. The molecule has 0 aromatic heterocycles. The molecular weight excluding hydrogens is 430 g/mol. The second kappa shape index (κ2) is 5.90. The van der Waals surface area contributed by atoms with E-state index in [4.69, 9.17) is 0 Å². The summed E-state index contributed by atoms with van der Waals surface area (Å²) in [5, 5.41) is 0. The van der Waals surface area contributed by atoms with E-state index in [1.165, 1.54) is 27.8 Å². The Labute approximate surface area is 136 Å². The Hall–Kier alpha value is -0.110. The normalized spacial score (nSPS) is 11.1. The second-order valence-corrected chi connectivity index (χ2v) is 6.42. The minimum Gasteiger partial charge on any atom is -1.00 e. The first-order valence-corrected chi connectivity index (χ1v) is 7.40. The molecule has 0 spiro atoms. The number of benzene rings is 2. The molecule has 2 aromatic carbocycles. The van der Waals surface area contributed by atoms with Crippen molar-refractivity contribution in [2.75, 3.05) is 0 Å². The molecule has 0 fully saturated rings. The molecule has 0 aliphatic heterocycles. The standard InChI is InChI=1S/C15H13.2ClH.Hf/c1-10-3-5-14-12(7-10)9-13-8-11(2)4-6-15(13)14;;;/h3-7H,9H2,1-2H3;2*1H;/q;;;+2/p-2. The van der Waals surface area contributed by atoms with E-state index >= 15 is 0 Å². The maximum Gasteiger partial charge on any atom is -1.00 e. The van der Waals surface area contributed by atoms with Gasteiger partial charge in [-0.05, 0) is 0 Å². The number of fused-ring (bicyclic) bond motifs is 3. The van der Waals surface area contributed by atoms with E-state index < -0.39 is 0 Å². The zero-order chi connectivity index (χ0) is 11.3. The van der Waals surface area contributed by atoms with Crippen LogP contribution >= 0.6 is 0 Å². The van der Waals surface area contributed by atoms with Crippen LogP contribution in [0.4, 0.5) is 0 Å². The molecule has 2 aromatic rings. The average Bonchev–Trinajstić information content (AvgIpc) is 2.62. The molecule has 0 bridgehead atoms. The van der Waals surface area contributed by atoms with Crippen molar-refractivity contribution < 1.29 is 49.2 Å². The van der Waals surface area contributed by atoms with Crippen LogP contribution in [0.25, 0.3) is 11.1 Å². The van der Waals surface area contributed by atoms with Crippen LogP contribution in [0.5, 0.6) is 0 Å². The van der Waals surface area contributed by atoms with E-state index in [0.29, 0.717) is 0 Å². The largest absolute Gasteiger partial charge is 1.00 e. The molecule has 0 atom stereocenters. The predicted octanol–water partition coefficient (Wildman–Crippen LogP) is -2.95. The molecule has 0 heterocycles. The van der Waals surface area contributed by atoms with Crippen molar-refractivity contribution in [2.45, 2.75) is 20.3 Å². The topological polar surface area (TPSA) is 0 Å². The van der Waals surface area contributed by atoms with Crippen molar-refractivity contribution in [3.8, 4) is 11.1 Å². The van der Waals surface area contributed by atoms with Crippen LogP contribution in [0, 0.1) is 13.8 Å². The van der Waals surface area contributed by atoms with Crippen LogP contribution in [0.15, 0.2) is 30.3 Å². The summed E-state index contributed by atoms with van der Waals surface area (Å²) in [6.07, 6.45) is 1.15. The Balaban J connectivity index is 0.000000810. The molecule has 0 N–H and O–H groups in total. The van der Waals surface area contributed by atoms with Gasteiger partial charge in [0.15, 0.2) is 0 Å². The molecule has 0 saturated carbocycles. The minimum absolute atomic E-state index is 0. The van der Waals surface area contributed by atoms with Crippen molar-refractivity contribution in [1.82, 2.24) is 0 Å².